The van der Waals surface area contributed by atoms with Crippen LogP contribution in [-0.2, 0) is 0 Å². The molecule has 1 aliphatic rings. The van der Waals surface area contributed by atoms with Crippen molar-refractivity contribution in [1.82, 2.24) is 25.0 Å². The summed E-state index contributed by atoms with van der Waals surface area (Å²) in [5.41, 5.74) is 1.16. The number of ether oxygens (including phenoxy) is 1. The molecule has 0 radical (unpaired) electrons. The second-order valence-electron chi connectivity index (χ2n) is 5.91. The molecule has 26 heavy (non-hydrogen) atoms. The molecule has 1 amide bonds. The van der Waals surface area contributed by atoms with Gasteiger partial charge in [-0.3, -0.25) is 9.78 Å². The Morgan fingerprint density at radius 3 is 3.00 bits per heavy atom. The summed E-state index contributed by atoms with van der Waals surface area (Å²) < 4.78 is 10.5. The molecule has 0 N–H and O–H groups in total. The molecule has 1 fully saturated rings. The third-order valence-electron chi connectivity index (χ3n) is 4.33. The molecule has 1 saturated heterocycles. The van der Waals surface area contributed by atoms with E-state index in [1.54, 1.807) is 29.4 Å². The van der Waals surface area contributed by atoms with Gasteiger partial charge >= 0.3 is 0 Å². The number of nitrogens with zero attached hydrogens (tertiary/aromatic N) is 5. The van der Waals surface area contributed by atoms with Crippen LogP contribution in [0.25, 0.3) is 11.5 Å². The third kappa shape index (κ3) is 3.01. The minimum absolute atomic E-state index is 0.106. The predicted octanol–water partition coefficient (Wildman–Crippen LogP) is 2.51. The van der Waals surface area contributed by atoms with Gasteiger partial charge in [-0.05, 0) is 31.0 Å². The quantitative estimate of drug-likeness (QED) is 0.713. The van der Waals surface area contributed by atoms with Crippen molar-refractivity contribution in [2.24, 2.45) is 0 Å². The van der Waals surface area contributed by atoms with E-state index in [1.807, 2.05) is 18.2 Å². The number of carbonyl (C=O) groups excluding carboxylic acids is 1. The van der Waals surface area contributed by atoms with Crippen LogP contribution in [0.5, 0.6) is 5.88 Å². The van der Waals surface area contributed by atoms with Crippen molar-refractivity contribution in [3.05, 3.63) is 54.2 Å². The zero-order chi connectivity index (χ0) is 17.9. The fraction of sp³-hybridized carbons (Fsp3) is 0.278. The van der Waals surface area contributed by atoms with Crippen LogP contribution in [0, 0.1) is 0 Å². The van der Waals surface area contributed by atoms with Gasteiger partial charge in [-0.15, -0.1) is 0 Å². The van der Waals surface area contributed by atoms with Gasteiger partial charge in [0.15, 0.2) is 0 Å². The molecule has 4 heterocycles. The van der Waals surface area contributed by atoms with Crippen LogP contribution in [0.2, 0.25) is 0 Å². The van der Waals surface area contributed by atoms with E-state index in [4.69, 9.17) is 9.26 Å². The number of amides is 1. The summed E-state index contributed by atoms with van der Waals surface area (Å²) in [4.78, 5) is 27.4. The van der Waals surface area contributed by atoms with E-state index < -0.39 is 0 Å². The first-order chi connectivity index (χ1) is 12.8. The molecule has 0 aromatic carbocycles. The maximum atomic E-state index is 12.9. The zero-order valence-corrected chi connectivity index (χ0v) is 14.2. The van der Waals surface area contributed by atoms with Gasteiger partial charge in [0.05, 0.1) is 7.11 Å². The molecular formula is C18H17N5O3. The van der Waals surface area contributed by atoms with Gasteiger partial charge in [0.2, 0.25) is 17.6 Å². The van der Waals surface area contributed by atoms with Crippen LogP contribution in [0.3, 0.4) is 0 Å². The lowest BCUT2D eigenvalue weighted by atomic mass is 10.2. The van der Waals surface area contributed by atoms with Crippen molar-refractivity contribution in [3.63, 3.8) is 0 Å². The number of likely N-dealkylation sites (tertiary alicyclic amines) is 1. The maximum absolute atomic E-state index is 12.9. The molecular weight excluding hydrogens is 334 g/mol. The van der Waals surface area contributed by atoms with Gasteiger partial charge in [-0.1, -0.05) is 11.2 Å². The number of rotatable bonds is 4. The minimum Gasteiger partial charge on any atom is -0.481 e. The van der Waals surface area contributed by atoms with E-state index in [0.29, 0.717) is 35.4 Å². The molecule has 1 aliphatic heterocycles. The molecule has 3 aromatic heterocycles. The van der Waals surface area contributed by atoms with Crippen molar-refractivity contribution >= 4 is 5.91 Å². The number of methoxy groups -OCH3 is 1. The van der Waals surface area contributed by atoms with E-state index in [9.17, 15) is 4.79 Å². The minimum atomic E-state index is -0.244. The molecule has 0 unspecified atom stereocenters. The van der Waals surface area contributed by atoms with Crippen molar-refractivity contribution in [1.29, 1.82) is 0 Å². The Bertz CT molecular complexity index is 912. The lowest BCUT2D eigenvalue weighted by Crippen LogP contribution is -2.30. The second-order valence-corrected chi connectivity index (χ2v) is 5.91. The Kier molecular flexibility index (Phi) is 4.30. The number of carbonyl (C=O) groups is 1. The van der Waals surface area contributed by atoms with Gasteiger partial charge in [-0.25, -0.2) is 4.98 Å². The highest BCUT2D eigenvalue weighted by Gasteiger charge is 2.34. The fourth-order valence-electron chi connectivity index (χ4n) is 3.06. The van der Waals surface area contributed by atoms with Crippen molar-refractivity contribution < 1.29 is 14.1 Å². The first-order valence-corrected chi connectivity index (χ1v) is 8.32. The van der Waals surface area contributed by atoms with E-state index >= 15 is 0 Å². The van der Waals surface area contributed by atoms with E-state index in [1.165, 1.54) is 7.11 Å². The fourth-order valence-corrected chi connectivity index (χ4v) is 3.06. The molecule has 132 valence electrons. The molecule has 0 saturated carbocycles. The number of hydrogen-bond donors (Lipinski definition) is 0. The SMILES string of the molecule is COc1cc(C(=O)N2CCC[C@@H]2c2nc(-c3ccccn3)no2)ccn1. The highest BCUT2D eigenvalue weighted by molar-refractivity contribution is 5.94. The Morgan fingerprint density at radius 1 is 1.27 bits per heavy atom. The van der Waals surface area contributed by atoms with Crippen molar-refractivity contribution in [3.8, 4) is 17.4 Å². The van der Waals surface area contributed by atoms with Crippen LogP contribution in [0.1, 0.15) is 35.1 Å². The summed E-state index contributed by atoms with van der Waals surface area (Å²) in [6, 6.07) is 8.56. The van der Waals surface area contributed by atoms with E-state index in [-0.39, 0.29) is 11.9 Å². The molecule has 8 nitrogen and oxygen atoms in total. The average Bonchev–Trinajstić information content (AvgIpc) is 3.37. The summed E-state index contributed by atoms with van der Waals surface area (Å²) >= 11 is 0. The van der Waals surface area contributed by atoms with Gasteiger partial charge in [0, 0.05) is 30.6 Å². The highest BCUT2D eigenvalue weighted by Crippen LogP contribution is 2.33. The van der Waals surface area contributed by atoms with Gasteiger partial charge < -0.3 is 14.2 Å². The monoisotopic (exact) mass is 351 g/mol. The first-order valence-electron chi connectivity index (χ1n) is 8.32. The molecule has 0 spiro atoms. The highest BCUT2D eigenvalue weighted by atomic mass is 16.5. The van der Waals surface area contributed by atoms with Crippen LogP contribution >= 0.6 is 0 Å². The largest absolute Gasteiger partial charge is 0.481 e. The smallest absolute Gasteiger partial charge is 0.254 e. The molecule has 1 atom stereocenters. The van der Waals surface area contributed by atoms with Crippen LogP contribution in [0.15, 0.2) is 47.2 Å². The number of hydrogen-bond acceptors (Lipinski definition) is 7. The molecule has 4 rings (SSSR count). The van der Waals surface area contributed by atoms with Crippen LogP contribution in [0.4, 0.5) is 0 Å². The molecule has 0 aliphatic carbocycles. The van der Waals surface area contributed by atoms with Crippen LogP contribution < -0.4 is 4.74 Å². The lowest BCUT2D eigenvalue weighted by Gasteiger charge is -2.21. The van der Waals surface area contributed by atoms with E-state index in [2.05, 4.69) is 20.1 Å². The van der Waals surface area contributed by atoms with Crippen LogP contribution in [-0.4, -0.2) is 44.6 Å². The van der Waals surface area contributed by atoms with Crippen molar-refractivity contribution in [2.45, 2.75) is 18.9 Å². The molecule has 3 aromatic rings. The number of aromatic nitrogens is 4. The average molecular weight is 351 g/mol. The van der Waals surface area contributed by atoms with Gasteiger partial charge in [0.25, 0.3) is 5.91 Å². The molecule has 8 heteroatoms. The zero-order valence-electron chi connectivity index (χ0n) is 14.2. The lowest BCUT2D eigenvalue weighted by molar-refractivity contribution is 0.0709. The first kappa shape index (κ1) is 16.2. The summed E-state index contributed by atoms with van der Waals surface area (Å²) in [7, 11) is 1.52. The maximum Gasteiger partial charge on any atom is 0.254 e. The Morgan fingerprint density at radius 2 is 2.19 bits per heavy atom. The summed E-state index contributed by atoms with van der Waals surface area (Å²) in [6.07, 6.45) is 4.88. The Hall–Kier alpha value is -3.29. The van der Waals surface area contributed by atoms with E-state index in [0.717, 1.165) is 12.8 Å². The van der Waals surface area contributed by atoms with Gasteiger partial charge in [0.1, 0.15) is 11.7 Å². The predicted molar refractivity (Wildman–Crippen MR) is 91.3 cm³/mol. The normalized spacial score (nSPS) is 16.7. The Balaban J connectivity index is 1.59. The standard InChI is InChI=1S/C18H17N5O3/c1-25-15-11-12(7-9-20-15)18(24)23-10-4-6-14(23)17-21-16(22-26-17)13-5-2-3-8-19-13/h2-3,5,7-9,11,14H,4,6,10H2,1H3/t14-/m1/s1. The third-order valence-corrected chi connectivity index (χ3v) is 4.33. The summed E-state index contributed by atoms with van der Waals surface area (Å²) in [6.45, 7) is 0.634. The molecule has 0 bridgehead atoms. The summed E-state index contributed by atoms with van der Waals surface area (Å²) in [5, 5.41) is 4.01. The van der Waals surface area contributed by atoms with Gasteiger partial charge in [-0.2, -0.15) is 4.98 Å². The Labute approximate surface area is 149 Å². The topological polar surface area (TPSA) is 94.2 Å². The summed E-state index contributed by atoms with van der Waals surface area (Å²) in [5.74, 6) is 1.15. The number of pyridine rings is 2. The second kappa shape index (κ2) is 6.91. The van der Waals surface area contributed by atoms with Crippen molar-refractivity contribution in [2.75, 3.05) is 13.7 Å².